The Kier molecular flexibility index (Phi) is 5.42. The maximum absolute atomic E-state index is 11.8. The fourth-order valence-electron chi connectivity index (χ4n) is 1.77. The summed E-state index contributed by atoms with van der Waals surface area (Å²) in [4.78, 5) is 11.8. The summed E-state index contributed by atoms with van der Waals surface area (Å²) in [6.07, 6.45) is 6.08. The van der Waals surface area contributed by atoms with E-state index in [2.05, 4.69) is 22.3 Å². The van der Waals surface area contributed by atoms with Crippen molar-refractivity contribution in [3.8, 4) is 0 Å². The fourth-order valence-corrected chi connectivity index (χ4v) is 1.77. The summed E-state index contributed by atoms with van der Waals surface area (Å²) < 4.78 is 1.70. The van der Waals surface area contributed by atoms with Gasteiger partial charge in [0.05, 0.1) is 11.4 Å². The lowest BCUT2D eigenvalue weighted by molar-refractivity contribution is 0.248. The summed E-state index contributed by atoms with van der Waals surface area (Å²) in [7, 11) is 1.84. The van der Waals surface area contributed by atoms with Gasteiger partial charge in [-0.3, -0.25) is 4.68 Å². The lowest BCUT2D eigenvalue weighted by atomic mass is 10.1. The van der Waals surface area contributed by atoms with Crippen molar-refractivity contribution in [1.29, 1.82) is 0 Å². The van der Waals surface area contributed by atoms with Gasteiger partial charge in [-0.05, 0) is 19.3 Å². The molecule has 5 nitrogen and oxygen atoms in total. The van der Waals surface area contributed by atoms with Crippen LogP contribution in [0.25, 0.3) is 0 Å². The van der Waals surface area contributed by atoms with Gasteiger partial charge in [0.15, 0.2) is 0 Å². The van der Waals surface area contributed by atoms with Crippen molar-refractivity contribution in [2.75, 3.05) is 5.32 Å². The molecule has 0 aliphatic heterocycles. The first-order valence-corrected chi connectivity index (χ1v) is 6.31. The minimum Gasteiger partial charge on any atom is -0.335 e. The first-order chi connectivity index (χ1) is 8.60. The summed E-state index contributed by atoms with van der Waals surface area (Å²) >= 11 is 0. The first-order valence-electron chi connectivity index (χ1n) is 6.31. The normalized spacial score (nSPS) is 11.9. The van der Waals surface area contributed by atoms with Crippen molar-refractivity contribution in [1.82, 2.24) is 15.1 Å². The van der Waals surface area contributed by atoms with Crippen LogP contribution in [0.5, 0.6) is 0 Å². The van der Waals surface area contributed by atoms with Crippen LogP contribution >= 0.6 is 0 Å². The molecule has 0 radical (unpaired) electrons. The molecule has 0 aliphatic rings. The zero-order chi connectivity index (χ0) is 13.5. The number of carbonyl (C=O) groups excluding carboxylic acids is 1. The second-order valence-corrected chi connectivity index (χ2v) is 4.24. The van der Waals surface area contributed by atoms with E-state index in [1.54, 1.807) is 4.68 Å². The fraction of sp³-hybridized carbons (Fsp3) is 0.538. The third kappa shape index (κ3) is 3.91. The molecular formula is C13H22N4O. The van der Waals surface area contributed by atoms with Crippen LogP contribution in [0.4, 0.5) is 10.5 Å². The Hall–Kier alpha value is -1.78. The highest BCUT2D eigenvalue weighted by Crippen LogP contribution is 2.13. The Labute approximate surface area is 108 Å². The van der Waals surface area contributed by atoms with Crippen LogP contribution < -0.4 is 10.6 Å². The van der Waals surface area contributed by atoms with Crippen molar-refractivity contribution < 1.29 is 4.79 Å². The van der Waals surface area contributed by atoms with E-state index >= 15 is 0 Å². The number of hydrogen-bond donors (Lipinski definition) is 2. The number of aryl methyl sites for hydroxylation is 2. The van der Waals surface area contributed by atoms with Crippen molar-refractivity contribution >= 4 is 11.7 Å². The lowest BCUT2D eigenvalue weighted by Gasteiger charge is -2.15. The van der Waals surface area contributed by atoms with Gasteiger partial charge in [-0.1, -0.05) is 19.9 Å². The summed E-state index contributed by atoms with van der Waals surface area (Å²) in [6, 6.07) is -0.0596. The average molecular weight is 250 g/mol. The zero-order valence-electron chi connectivity index (χ0n) is 11.4. The number of amides is 2. The van der Waals surface area contributed by atoms with E-state index in [0.717, 1.165) is 30.6 Å². The predicted octanol–water partition coefficient (Wildman–Crippen LogP) is 2.46. The van der Waals surface area contributed by atoms with Gasteiger partial charge < -0.3 is 10.6 Å². The van der Waals surface area contributed by atoms with Gasteiger partial charge in [-0.2, -0.15) is 5.10 Å². The van der Waals surface area contributed by atoms with E-state index in [0.29, 0.717) is 0 Å². The second kappa shape index (κ2) is 6.83. The molecule has 2 N–H and O–H groups in total. The average Bonchev–Trinajstić information content (AvgIpc) is 2.68. The number of aromatic nitrogens is 2. The standard InChI is InChI=1S/C13H22N4O/c1-5-8-10(6-2)14-13(18)15-12-9-17(4)16-11(12)7-3/h5,9-10H,1,6-8H2,2-4H3,(H2,14,15,18). The summed E-state index contributed by atoms with van der Waals surface area (Å²) in [5.41, 5.74) is 1.66. The highest BCUT2D eigenvalue weighted by Gasteiger charge is 2.12. The van der Waals surface area contributed by atoms with Gasteiger partial charge in [0.1, 0.15) is 0 Å². The Balaban J connectivity index is 2.60. The Morgan fingerprint density at radius 3 is 2.89 bits per heavy atom. The van der Waals surface area contributed by atoms with Crippen LogP contribution in [-0.4, -0.2) is 21.9 Å². The van der Waals surface area contributed by atoms with Gasteiger partial charge in [0, 0.05) is 19.3 Å². The molecule has 1 aromatic rings. The van der Waals surface area contributed by atoms with Gasteiger partial charge in [-0.25, -0.2) is 4.79 Å². The van der Waals surface area contributed by atoms with Crippen LogP contribution in [0.15, 0.2) is 18.9 Å². The number of hydrogen-bond acceptors (Lipinski definition) is 2. The largest absolute Gasteiger partial charge is 0.335 e. The summed E-state index contributed by atoms with van der Waals surface area (Å²) in [6.45, 7) is 7.73. The third-order valence-electron chi connectivity index (χ3n) is 2.77. The van der Waals surface area contributed by atoms with Crippen LogP contribution in [0.1, 0.15) is 32.4 Å². The number of rotatable bonds is 6. The molecule has 0 saturated heterocycles. The molecule has 0 bridgehead atoms. The second-order valence-electron chi connectivity index (χ2n) is 4.24. The van der Waals surface area contributed by atoms with E-state index in [1.165, 1.54) is 0 Å². The van der Waals surface area contributed by atoms with Crippen molar-refractivity contribution in [2.45, 2.75) is 39.2 Å². The van der Waals surface area contributed by atoms with Crippen molar-refractivity contribution in [2.24, 2.45) is 7.05 Å². The van der Waals surface area contributed by atoms with E-state index in [4.69, 9.17) is 0 Å². The lowest BCUT2D eigenvalue weighted by Crippen LogP contribution is -2.37. The minimum atomic E-state index is -0.189. The third-order valence-corrected chi connectivity index (χ3v) is 2.77. The quantitative estimate of drug-likeness (QED) is 0.762. The number of nitrogens with one attached hydrogen (secondary N) is 2. The summed E-state index contributed by atoms with van der Waals surface area (Å²) in [5, 5.41) is 10.0. The molecule has 100 valence electrons. The smallest absolute Gasteiger partial charge is 0.319 e. The minimum absolute atomic E-state index is 0.129. The van der Waals surface area contributed by atoms with Gasteiger partial charge in [0.2, 0.25) is 0 Å². The summed E-state index contributed by atoms with van der Waals surface area (Å²) in [5.74, 6) is 0. The number of nitrogens with zero attached hydrogens (tertiary/aromatic N) is 2. The number of anilines is 1. The molecule has 0 fully saturated rings. The molecule has 1 aromatic heterocycles. The van der Waals surface area contributed by atoms with Crippen LogP contribution in [0.3, 0.4) is 0 Å². The topological polar surface area (TPSA) is 59.0 Å². The Bertz CT molecular complexity index is 411. The maximum Gasteiger partial charge on any atom is 0.319 e. The highest BCUT2D eigenvalue weighted by molar-refractivity contribution is 5.89. The number of urea groups is 1. The molecular weight excluding hydrogens is 228 g/mol. The molecule has 1 heterocycles. The molecule has 5 heteroatoms. The molecule has 1 atom stereocenters. The van der Waals surface area contributed by atoms with Gasteiger partial charge in [0.25, 0.3) is 0 Å². The molecule has 0 aromatic carbocycles. The van der Waals surface area contributed by atoms with Crippen molar-refractivity contribution in [3.63, 3.8) is 0 Å². The van der Waals surface area contributed by atoms with Crippen molar-refractivity contribution in [3.05, 3.63) is 24.5 Å². The first kappa shape index (κ1) is 14.3. The predicted molar refractivity (Wildman–Crippen MR) is 73.6 cm³/mol. The molecule has 0 saturated carbocycles. The van der Waals surface area contributed by atoms with Crippen LogP contribution in [0, 0.1) is 0 Å². The molecule has 1 unspecified atom stereocenters. The molecule has 2 amide bonds. The zero-order valence-corrected chi connectivity index (χ0v) is 11.4. The van der Waals surface area contributed by atoms with Crippen LogP contribution in [-0.2, 0) is 13.5 Å². The number of carbonyl (C=O) groups is 1. The monoisotopic (exact) mass is 250 g/mol. The van der Waals surface area contributed by atoms with E-state index in [-0.39, 0.29) is 12.1 Å². The SMILES string of the molecule is C=CCC(CC)NC(=O)Nc1cn(C)nc1CC. The van der Waals surface area contributed by atoms with E-state index in [1.807, 2.05) is 33.2 Å². The van der Waals surface area contributed by atoms with Gasteiger partial charge in [-0.15, -0.1) is 6.58 Å². The van der Waals surface area contributed by atoms with E-state index in [9.17, 15) is 4.79 Å². The molecule has 18 heavy (non-hydrogen) atoms. The maximum atomic E-state index is 11.8. The highest BCUT2D eigenvalue weighted by atomic mass is 16.2. The van der Waals surface area contributed by atoms with Crippen LogP contribution in [0.2, 0.25) is 0 Å². The Morgan fingerprint density at radius 1 is 1.61 bits per heavy atom. The molecule has 0 aliphatic carbocycles. The molecule has 0 spiro atoms. The van der Waals surface area contributed by atoms with Gasteiger partial charge >= 0.3 is 6.03 Å². The Morgan fingerprint density at radius 2 is 2.33 bits per heavy atom. The van der Waals surface area contributed by atoms with E-state index < -0.39 is 0 Å². The molecule has 1 rings (SSSR count).